The first-order valence-electron chi connectivity index (χ1n) is 10.00. The summed E-state index contributed by atoms with van der Waals surface area (Å²) in [4.78, 5) is 13.4. The van der Waals surface area contributed by atoms with Crippen molar-refractivity contribution in [3.05, 3.63) is 64.7 Å². The molecule has 2 aromatic rings. The maximum absolute atomic E-state index is 13.4. The van der Waals surface area contributed by atoms with Gasteiger partial charge in [0.1, 0.15) is 0 Å². The fourth-order valence-corrected chi connectivity index (χ4v) is 3.92. The number of hydrogen-bond donors (Lipinski definition) is 3. The Hall–Kier alpha value is -2.88. The van der Waals surface area contributed by atoms with Crippen LogP contribution in [0.1, 0.15) is 48.7 Å². The van der Waals surface area contributed by atoms with Crippen LogP contribution in [0.15, 0.2) is 48.0 Å². The van der Waals surface area contributed by atoms with Crippen LogP contribution in [0.5, 0.6) is 0 Å². The lowest BCUT2D eigenvalue weighted by Gasteiger charge is -2.36. The average Bonchev–Trinajstić information content (AvgIpc) is 2.72. The molecule has 0 spiro atoms. The molecule has 2 aromatic carbocycles. The number of nitrogens with two attached hydrogens (primary N) is 1. The molecular weight excluding hydrogens is 375 g/mol. The molecule has 1 radical (unpaired) electrons. The van der Waals surface area contributed by atoms with Crippen molar-refractivity contribution in [2.24, 2.45) is 0 Å². The second-order valence-electron chi connectivity index (χ2n) is 8.28. The summed E-state index contributed by atoms with van der Waals surface area (Å²) in [5.41, 5.74) is 11.1. The van der Waals surface area contributed by atoms with Gasteiger partial charge in [0.2, 0.25) is 0 Å². The molecule has 3 rings (SSSR count). The van der Waals surface area contributed by atoms with Gasteiger partial charge in [0.25, 0.3) is 0 Å². The van der Waals surface area contributed by atoms with Crippen LogP contribution in [0.4, 0.5) is 5.69 Å². The Morgan fingerprint density at radius 1 is 1.13 bits per heavy atom. The first-order valence-corrected chi connectivity index (χ1v) is 10.00. The van der Waals surface area contributed by atoms with Crippen molar-refractivity contribution in [2.45, 2.75) is 51.1 Å². The van der Waals surface area contributed by atoms with E-state index < -0.39 is 12.2 Å². The number of anilines is 1. The highest BCUT2D eigenvalue weighted by Crippen LogP contribution is 2.44. The van der Waals surface area contributed by atoms with Crippen molar-refractivity contribution in [3.63, 3.8) is 0 Å². The zero-order chi connectivity index (χ0) is 22.1. The summed E-state index contributed by atoms with van der Waals surface area (Å²) < 4.78 is 0. The standard InChI is InChI=1S/C24H26BN2O3/c1-14-22(17-6-4-5-7-19(17)27)23(30)16-9-8-15(12-18(16)24(14,2)3)25-13-21(29)20(28)10-11-26/h4-9,12,20-21,28-29H,10,13,27H2,1-3H3. The second-order valence-corrected chi connectivity index (χ2v) is 8.28. The van der Waals surface area contributed by atoms with Gasteiger partial charge in [-0.25, -0.2) is 0 Å². The van der Waals surface area contributed by atoms with Crippen molar-refractivity contribution < 1.29 is 15.0 Å². The molecule has 5 nitrogen and oxygen atoms in total. The molecular formula is C24H26BN2O3. The molecule has 0 saturated heterocycles. The molecule has 0 aromatic heterocycles. The van der Waals surface area contributed by atoms with Crippen molar-refractivity contribution in [3.8, 4) is 6.07 Å². The first kappa shape index (κ1) is 21.8. The number of benzene rings is 2. The Kier molecular flexibility index (Phi) is 6.16. The van der Waals surface area contributed by atoms with E-state index in [1.807, 2.05) is 56.7 Å². The molecule has 1 aliphatic carbocycles. The van der Waals surface area contributed by atoms with Crippen LogP contribution in [-0.4, -0.2) is 35.5 Å². The normalized spacial score (nSPS) is 17.1. The Morgan fingerprint density at radius 3 is 2.50 bits per heavy atom. The number of rotatable bonds is 6. The van der Waals surface area contributed by atoms with Crippen molar-refractivity contribution in [1.82, 2.24) is 0 Å². The number of nitrogens with zero attached hydrogens (tertiary/aromatic N) is 1. The summed E-state index contributed by atoms with van der Waals surface area (Å²) in [5.74, 6) is -0.0456. The van der Waals surface area contributed by atoms with Crippen LogP contribution in [-0.2, 0) is 5.41 Å². The molecule has 6 heteroatoms. The first-order chi connectivity index (χ1) is 14.2. The van der Waals surface area contributed by atoms with E-state index in [9.17, 15) is 15.0 Å². The van der Waals surface area contributed by atoms with E-state index in [4.69, 9.17) is 11.0 Å². The van der Waals surface area contributed by atoms with Crippen LogP contribution in [0, 0.1) is 11.3 Å². The van der Waals surface area contributed by atoms with E-state index in [1.54, 1.807) is 6.07 Å². The average molecular weight is 401 g/mol. The topological polar surface area (TPSA) is 107 Å². The zero-order valence-corrected chi connectivity index (χ0v) is 17.5. The number of nitriles is 1. The van der Waals surface area contributed by atoms with Gasteiger partial charge in [-0.1, -0.05) is 61.3 Å². The number of Topliss-reactive ketones (excluding diaryl/α,β-unsaturated/α-hetero) is 1. The largest absolute Gasteiger partial charge is 0.398 e. The van der Waals surface area contributed by atoms with E-state index in [-0.39, 0.29) is 23.9 Å². The van der Waals surface area contributed by atoms with Crippen LogP contribution >= 0.6 is 0 Å². The third-order valence-electron chi connectivity index (χ3n) is 6.07. The minimum absolute atomic E-state index is 0.0456. The number of carbonyl (C=O) groups excluding carboxylic acids is 1. The molecule has 0 amide bonds. The van der Waals surface area contributed by atoms with Crippen molar-refractivity contribution in [2.75, 3.05) is 5.73 Å². The molecule has 1 aliphatic rings. The number of hydrogen-bond acceptors (Lipinski definition) is 5. The van der Waals surface area contributed by atoms with Gasteiger partial charge in [-0.05, 0) is 24.9 Å². The van der Waals surface area contributed by atoms with Crippen molar-refractivity contribution >= 4 is 29.8 Å². The highest BCUT2D eigenvalue weighted by atomic mass is 16.3. The van der Waals surface area contributed by atoms with E-state index in [1.165, 1.54) is 0 Å². The number of aliphatic hydroxyl groups is 2. The van der Waals surface area contributed by atoms with Gasteiger partial charge in [0, 0.05) is 27.8 Å². The number of fused-ring (bicyclic) bond motifs is 1. The predicted molar refractivity (Wildman–Crippen MR) is 120 cm³/mol. The van der Waals surface area contributed by atoms with Crippen LogP contribution < -0.4 is 11.2 Å². The molecule has 0 fully saturated rings. The number of nitrogen functional groups attached to an aromatic ring is 1. The maximum atomic E-state index is 13.4. The lowest BCUT2D eigenvalue weighted by Crippen LogP contribution is -2.33. The smallest absolute Gasteiger partial charge is 0.193 e. The molecule has 0 heterocycles. The molecule has 2 unspecified atom stereocenters. The van der Waals surface area contributed by atoms with Gasteiger partial charge in [-0.3, -0.25) is 4.79 Å². The minimum Gasteiger partial charge on any atom is -0.398 e. The summed E-state index contributed by atoms with van der Waals surface area (Å²) in [6.07, 6.45) is -1.98. The van der Waals surface area contributed by atoms with E-state index in [0.29, 0.717) is 16.8 Å². The summed E-state index contributed by atoms with van der Waals surface area (Å²) in [5, 5.41) is 28.4. The number of para-hydroxylation sites is 1. The Labute approximate surface area is 178 Å². The molecule has 30 heavy (non-hydrogen) atoms. The maximum Gasteiger partial charge on any atom is 0.193 e. The van der Waals surface area contributed by atoms with E-state index in [0.717, 1.165) is 22.2 Å². The van der Waals surface area contributed by atoms with Gasteiger partial charge in [-0.15, -0.1) is 0 Å². The zero-order valence-electron chi connectivity index (χ0n) is 17.5. The van der Waals surface area contributed by atoms with Crippen LogP contribution in [0.2, 0.25) is 6.32 Å². The fraction of sp³-hybridized carbons (Fsp3) is 0.333. The van der Waals surface area contributed by atoms with Crippen LogP contribution in [0.25, 0.3) is 5.57 Å². The van der Waals surface area contributed by atoms with Crippen molar-refractivity contribution in [1.29, 1.82) is 5.26 Å². The molecule has 4 N–H and O–H groups in total. The number of allylic oxidation sites excluding steroid dienone is 2. The summed E-state index contributed by atoms with van der Waals surface area (Å²) in [6.45, 7) is 6.14. The van der Waals surface area contributed by atoms with Crippen LogP contribution in [0.3, 0.4) is 0 Å². The molecule has 0 aliphatic heterocycles. The van der Waals surface area contributed by atoms with Gasteiger partial charge < -0.3 is 15.9 Å². The fourth-order valence-electron chi connectivity index (χ4n) is 3.92. The Balaban J connectivity index is 1.95. The second kappa shape index (κ2) is 8.47. The van der Waals surface area contributed by atoms with Gasteiger partial charge in [0.05, 0.1) is 24.7 Å². The third kappa shape index (κ3) is 3.91. The van der Waals surface area contributed by atoms with Gasteiger partial charge in [0.15, 0.2) is 13.1 Å². The highest BCUT2D eigenvalue weighted by molar-refractivity contribution is 6.53. The molecule has 153 valence electrons. The Bertz CT molecular complexity index is 1050. The van der Waals surface area contributed by atoms with E-state index >= 15 is 0 Å². The third-order valence-corrected chi connectivity index (χ3v) is 6.07. The van der Waals surface area contributed by atoms with Gasteiger partial charge in [-0.2, -0.15) is 5.26 Å². The number of aliphatic hydroxyl groups excluding tert-OH is 2. The molecule has 2 atom stereocenters. The monoisotopic (exact) mass is 401 g/mol. The summed E-state index contributed by atoms with van der Waals surface area (Å²) in [7, 11) is 1.82. The highest BCUT2D eigenvalue weighted by Gasteiger charge is 2.37. The quantitative estimate of drug-likeness (QED) is 0.510. The lowest BCUT2D eigenvalue weighted by molar-refractivity contribution is 0.0349. The summed E-state index contributed by atoms with van der Waals surface area (Å²) >= 11 is 0. The number of carbonyl (C=O) groups is 1. The SMILES string of the molecule is CC1=C(c2ccccc2N)C(=O)c2ccc([B]CC(O)C(O)CC#N)cc2C1(C)C. The molecule has 0 saturated carbocycles. The predicted octanol–water partition coefficient (Wildman–Crippen LogP) is 2.60. The minimum atomic E-state index is -1.08. The summed E-state index contributed by atoms with van der Waals surface area (Å²) in [6, 6.07) is 14.9. The Morgan fingerprint density at radius 2 is 1.83 bits per heavy atom. The van der Waals surface area contributed by atoms with E-state index in [2.05, 4.69) is 13.8 Å². The number of ketones is 1. The van der Waals surface area contributed by atoms with Gasteiger partial charge >= 0.3 is 0 Å². The molecule has 0 bridgehead atoms. The lowest BCUT2D eigenvalue weighted by atomic mass is 9.61.